The van der Waals surface area contributed by atoms with Gasteiger partial charge >= 0.3 is 0 Å². The summed E-state index contributed by atoms with van der Waals surface area (Å²) in [5, 5.41) is 3.77. The van der Waals surface area contributed by atoms with Gasteiger partial charge in [0, 0.05) is 19.1 Å². The second-order valence-corrected chi connectivity index (χ2v) is 6.01. The van der Waals surface area contributed by atoms with Gasteiger partial charge in [-0.15, -0.1) is 0 Å². The molecule has 1 saturated carbocycles. The van der Waals surface area contributed by atoms with Gasteiger partial charge < -0.3 is 10.2 Å². The maximum atomic E-state index is 3.77. The van der Waals surface area contributed by atoms with Crippen molar-refractivity contribution in [3.63, 3.8) is 0 Å². The highest BCUT2D eigenvalue weighted by atomic mass is 15.2. The topological polar surface area (TPSA) is 15.3 Å². The first-order valence-corrected chi connectivity index (χ1v) is 7.84. The molecule has 1 N–H and O–H groups in total. The van der Waals surface area contributed by atoms with Crippen molar-refractivity contribution in [3.8, 4) is 0 Å². The highest BCUT2D eigenvalue weighted by molar-refractivity contribution is 4.77. The lowest BCUT2D eigenvalue weighted by atomic mass is 9.83. The molecule has 0 atom stereocenters. The number of likely N-dealkylation sites (tertiary alicyclic amines) is 1. The molecule has 0 bridgehead atoms. The van der Waals surface area contributed by atoms with Crippen molar-refractivity contribution >= 4 is 0 Å². The van der Waals surface area contributed by atoms with E-state index in [9.17, 15) is 0 Å². The summed E-state index contributed by atoms with van der Waals surface area (Å²) in [5.74, 6) is 1.04. The molecule has 2 heteroatoms. The van der Waals surface area contributed by atoms with Gasteiger partial charge in [0.15, 0.2) is 0 Å². The van der Waals surface area contributed by atoms with Crippen LogP contribution in [0.1, 0.15) is 58.3 Å². The van der Waals surface area contributed by atoms with Gasteiger partial charge in [0.1, 0.15) is 0 Å². The Balaban J connectivity index is 1.52. The van der Waals surface area contributed by atoms with Gasteiger partial charge in [-0.3, -0.25) is 0 Å². The molecule has 0 amide bonds. The lowest BCUT2D eigenvalue weighted by Crippen LogP contribution is -2.38. The molecular formula is C15H30N2. The Morgan fingerprint density at radius 3 is 2.41 bits per heavy atom. The highest BCUT2D eigenvalue weighted by Gasteiger charge is 2.20. The molecule has 0 aromatic heterocycles. The normalized spacial score (nSPS) is 30.9. The average Bonchev–Trinajstić information content (AvgIpc) is 2.85. The van der Waals surface area contributed by atoms with Crippen LogP contribution in [0, 0.1) is 5.92 Å². The summed E-state index contributed by atoms with van der Waals surface area (Å²) in [6, 6.07) is 0.825. The van der Waals surface area contributed by atoms with E-state index in [1.807, 2.05) is 0 Å². The van der Waals surface area contributed by atoms with E-state index in [0.717, 1.165) is 12.0 Å². The van der Waals surface area contributed by atoms with Crippen molar-refractivity contribution in [2.75, 3.05) is 26.2 Å². The third kappa shape index (κ3) is 4.59. The van der Waals surface area contributed by atoms with E-state index in [0.29, 0.717) is 0 Å². The zero-order valence-corrected chi connectivity index (χ0v) is 11.6. The average molecular weight is 238 g/mol. The third-order valence-electron chi connectivity index (χ3n) is 4.60. The summed E-state index contributed by atoms with van der Waals surface area (Å²) in [6.45, 7) is 7.48. The standard InChI is InChI=1S/C15H30N2/c1-2-5-14-6-8-15(9-7-14)16-10-13-17-11-3-4-12-17/h14-16H,2-13H2,1H3. The van der Waals surface area contributed by atoms with Crippen molar-refractivity contribution < 1.29 is 0 Å². The largest absolute Gasteiger partial charge is 0.313 e. The molecule has 2 aliphatic rings. The maximum Gasteiger partial charge on any atom is 0.0107 e. The Morgan fingerprint density at radius 1 is 1.06 bits per heavy atom. The van der Waals surface area contributed by atoms with Crippen molar-refractivity contribution in [2.45, 2.75) is 64.3 Å². The van der Waals surface area contributed by atoms with Crippen LogP contribution in [0.2, 0.25) is 0 Å². The molecular weight excluding hydrogens is 208 g/mol. The summed E-state index contributed by atoms with van der Waals surface area (Å²) in [4.78, 5) is 2.61. The minimum absolute atomic E-state index is 0.825. The van der Waals surface area contributed by atoms with Crippen LogP contribution in [0.25, 0.3) is 0 Å². The van der Waals surface area contributed by atoms with E-state index in [1.165, 1.54) is 77.5 Å². The molecule has 0 unspecified atom stereocenters. The number of hydrogen-bond donors (Lipinski definition) is 1. The third-order valence-corrected chi connectivity index (χ3v) is 4.60. The molecule has 2 nitrogen and oxygen atoms in total. The van der Waals surface area contributed by atoms with Crippen molar-refractivity contribution in [1.29, 1.82) is 0 Å². The minimum Gasteiger partial charge on any atom is -0.313 e. The fourth-order valence-electron chi connectivity index (χ4n) is 3.50. The molecule has 0 spiro atoms. The molecule has 1 heterocycles. The molecule has 1 aliphatic heterocycles. The second-order valence-electron chi connectivity index (χ2n) is 6.01. The first-order valence-electron chi connectivity index (χ1n) is 7.84. The van der Waals surface area contributed by atoms with Gasteiger partial charge in [-0.1, -0.05) is 19.8 Å². The molecule has 17 heavy (non-hydrogen) atoms. The Kier molecular flexibility index (Phi) is 5.79. The van der Waals surface area contributed by atoms with E-state index in [4.69, 9.17) is 0 Å². The minimum atomic E-state index is 0.825. The van der Waals surface area contributed by atoms with Crippen LogP contribution in [-0.2, 0) is 0 Å². The Morgan fingerprint density at radius 2 is 1.76 bits per heavy atom. The quantitative estimate of drug-likeness (QED) is 0.765. The first-order chi connectivity index (χ1) is 8.38. The predicted octanol–water partition coefficient (Wildman–Crippen LogP) is 3.03. The van der Waals surface area contributed by atoms with E-state index in [1.54, 1.807) is 0 Å². The summed E-state index contributed by atoms with van der Waals surface area (Å²) in [7, 11) is 0. The number of hydrogen-bond acceptors (Lipinski definition) is 2. The zero-order valence-electron chi connectivity index (χ0n) is 11.6. The van der Waals surface area contributed by atoms with Crippen LogP contribution in [0.5, 0.6) is 0 Å². The monoisotopic (exact) mass is 238 g/mol. The Labute approximate surface area is 107 Å². The number of nitrogens with one attached hydrogen (secondary N) is 1. The molecule has 0 radical (unpaired) electrons. The molecule has 1 saturated heterocycles. The zero-order chi connectivity index (χ0) is 11.9. The maximum absolute atomic E-state index is 3.77. The molecule has 0 aromatic rings. The van der Waals surface area contributed by atoms with Gasteiger partial charge in [0.05, 0.1) is 0 Å². The number of rotatable bonds is 6. The van der Waals surface area contributed by atoms with Crippen LogP contribution in [0.15, 0.2) is 0 Å². The van der Waals surface area contributed by atoms with E-state index >= 15 is 0 Å². The van der Waals surface area contributed by atoms with Crippen LogP contribution in [0.4, 0.5) is 0 Å². The Hall–Kier alpha value is -0.0800. The smallest absolute Gasteiger partial charge is 0.0107 e. The van der Waals surface area contributed by atoms with Crippen LogP contribution < -0.4 is 5.32 Å². The molecule has 2 fully saturated rings. The summed E-state index contributed by atoms with van der Waals surface area (Å²) < 4.78 is 0. The number of nitrogens with zero attached hydrogens (tertiary/aromatic N) is 1. The highest BCUT2D eigenvalue weighted by Crippen LogP contribution is 2.27. The first kappa shape index (κ1) is 13.4. The van der Waals surface area contributed by atoms with Gasteiger partial charge in [-0.25, -0.2) is 0 Å². The van der Waals surface area contributed by atoms with Crippen molar-refractivity contribution in [2.24, 2.45) is 5.92 Å². The fraction of sp³-hybridized carbons (Fsp3) is 1.00. The fourth-order valence-corrected chi connectivity index (χ4v) is 3.50. The predicted molar refractivity (Wildman–Crippen MR) is 74.3 cm³/mol. The van der Waals surface area contributed by atoms with Gasteiger partial charge in [-0.05, 0) is 57.5 Å². The summed E-state index contributed by atoms with van der Waals surface area (Å²) in [5.41, 5.74) is 0. The van der Waals surface area contributed by atoms with Crippen molar-refractivity contribution in [1.82, 2.24) is 10.2 Å². The Bertz CT molecular complexity index is 191. The summed E-state index contributed by atoms with van der Waals surface area (Å²) in [6.07, 6.45) is 11.4. The van der Waals surface area contributed by atoms with Crippen LogP contribution >= 0.6 is 0 Å². The van der Waals surface area contributed by atoms with Gasteiger partial charge in [-0.2, -0.15) is 0 Å². The molecule has 100 valence electrons. The van der Waals surface area contributed by atoms with Crippen molar-refractivity contribution in [3.05, 3.63) is 0 Å². The second kappa shape index (κ2) is 7.38. The lowest BCUT2D eigenvalue weighted by Gasteiger charge is -2.29. The van der Waals surface area contributed by atoms with Crippen LogP contribution in [0.3, 0.4) is 0 Å². The van der Waals surface area contributed by atoms with Crippen LogP contribution in [-0.4, -0.2) is 37.1 Å². The van der Waals surface area contributed by atoms with E-state index < -0.39 is 0 Å². The van der Waals surface area contributed by atoms with Gasteiger partial charge in [0.2, 0.25) is 0 Å². The van der Waals surface area contributed by atoms with Gasteiger partial charge in [0.25, 0.3) is 0 Å². The molecule has 2 rings (SSSR count). The van der Waals surface area contributed by atoms with E-state index in [-0.39, 0.29) is 0 Å². The lowest BCUT2D eigenvalue weighted by molar-refractivity contribution is 0.264. The molecule has 1 aliphatic carbocycles. The summed E-state index contributed by atoms with van der Waals surface area (Å²) >= 11 is 0. The molecule has 0 aromatic carbocycles. The SMILES string of the molecule is CCCC1CCC(NCCN2CCCC2)CC1. The van der Waals surface area contributed by atoms with E-state index in [2.05, 4.69) is 17.1 Å².